The number of benzene rings is 2. The van der Waals surface area contributed by atoms with Crippen LogP contribution in [0.1, 0.15) is 23.2 Å². The molecule has 0 heterocycles. The molecule has 0 saturated carbocycles. The van der Waals surface area contributed by atoms with Crippen LogP contribution in [-0.4, -0.2) is 24.8 Å². The van der Waals surface area contributed by atoms with Gasteiger partial charge in [-0.25, -0.2) is 0 Å². The normalized spacial score (nSPS) is 10.1. The van der Waals surface area contributed by atoms with Crippen molar-refractivity contribution < 1.29 is 19.1 Å². The molecule has 3 N–H and O–H groups in total. The molecule has 0 bridgehead atoms. The molecule has 28 heavy (non-hydrogen) atoms. The number of carbonyl (C=O) groups is 3. The topological polar surface area (TPSA) is 96.5 Å². The van der Waals surface area contributed by atoms with E-state index in [1.807, 2.05) is 22.6 Å². The van der Waals surface area contributed by atoms with Crippen molar-refractivity contribution in [3.63, 3.8) is 0 Å². The molecular formula is C18H16Cl2IN3O4. The second-order valence-corrected chi connectivity index (χ2v) is 7.53. The van der Waals surface area contributed by atoms with Gasteiger partial charge in [0, 0.05) is 23.4 Å². The highest BCUT2D eigenvalue weighted by atomic mass is 127. The van der Waals surface area contributed by atoms with Crippen molar-refractivity contribution >= 4 is 69.2 Å². The lowest BCUT2D eigenvalue weighted by Crippen LogP contribution is -2.41. The van der Waals surface area contributed by atoms with E-state index in [0.717, 1.165) is 3.57 Å². The van der Waals surface area contributed by atoms with Gasteiger partial charge in [-0.1, -0.05) is 23.2 Å². The van der Waals surface area contributed by atoms with E-state index in [4.69, 9.17) is 27.9 Å². The SMILES string of the molecule is COc1ccc(C(=O)NNC(=O)CCC(=O)Nc2ccc(Cl)cc2Cl)cc1I. The van der Waals surface area contributed by atoms with Gasteiger partial charge in [-0.05, 0) is 59.0 Å². The molecule has 10 heteroatoms. The Morgan fingerprint density at radius 3 is 2.36 bits per heavy atom. The number of hydrazine groups is 1. The molecular weight excluding hydrogens is 520 g/mol. The Bertz CT molecular complexity index is 908. The average Bonchev–Trinajstić information content (AvgIpc) is 2.66. The molecule has 2 aromatic carbocycles. The van der Waals surface area contributed by atoms with Crippen LogP contribution in [0.25, 0.3) is 0 Å². The Morgan fingerprint density at radius 1 is 1.00 bits per heavy atom. The predicted molar refractivity (Wildman–Crippen MR) is 116 cm³/mol. The first-order valence-electron chi connectivity index (χ1n) is 7.97. The fourth-order valence-corrected chi connectivity index (χ4v) is 3.29. The monoisotopic (exact) mass is 535 g/mol. The zero-order valence-corrected chi connectivity index (χ0v) is 18.3. The fourth-order valence-electron chi connectivity index (χ4n) is 2.10. The number of rotatable bonds is 6. The lowest BCUT2D eigenvalue weighted by atomic mass is 10.2. The van der Waals surface area contributed by atoms with Gasteiger partial charge in [-0.15, -0.1) is 0 Å². The number of hydrogen-bond acceptors (Lipinski definition) is 4. The molecule has 0 saturated heterocycles. The highest BCUT2D eigenvalue weighted by Crippen LogP contribution is 2.25. The summed E-state index contributed by atoms with van der Waals surface area (Å²) in [5.41, 5.74) is 5.34. The molecule has 0 spiro atoms. The molecule has 3 amide bonds. The minimum absolute atomic E-state index is 0.0822. The molecule has 2 rings (SSSR count). The van der Waals surface area contributed by atoms with Gasteiger partial charge in [0.05, 0.1) is 21.4 Å². The van der Waals surface area contributed by atoms with E-state index in [-0.39, 0.29) is 12.8 Å². The number of halogens is 3. The van der Waals surface area contributed by atoms with Gasteiger partial charge in [-0.2, -0.15) is 0 Å². The quantitative estimate of drug-likeness (QED) is 0.387. The highest BCUT2D eigenvalue weighted by Gasteiger charge is 2.12. The van der Waals surface area contributed by atoms with Crippen molar-refractivity contribution in [1.82, 2.24) is 10.9 Å². The van der Waals surface area contributed by atoms with Crippen molar-refractivity contribution in [2.75, 3.05) is 12.4 Å². The minimum atomic E-state index is -0.506. The number of methoxy groups -OCH3 is 1. The van der Waals surface area contributed by atoms with Crippen molar-refractivity contribution in [2.24, 2.45) is 0 Å². The lowest BCUT2D eigenvalue weighted by molar-refractivity contribution is -0.124. The first-order chi connectivity index (χ1) is 13.3. The summed E-state index contributed by atoms with van der Waals surface area (Å²) in [6, 6.07) is 9.52. The average molecular weight is 536 g/mol. The third kappa shape index (κ3) is 6.54. The van der Waals surface area contributed by atoms with Crippen LogP contribution in [0.4, 0.5) is 5.69 Å². The molecule has 0 aliphatic heterocycles. The third-order valence-electron chi connectivity index (χ3n) is 3.51. The summed E-state index contributed by atoms with van der Waals surface area (Å²) in [5, 5.41) is 3.34. The maximum absolute atomic E-state index is 12.1. The van der Waals surface area contributed by atoms with Crippen LogP contribution >= 0.6 is 45.8 Å². The van der Waals surface area contributed by atoms with Gasteiger partial charge < -0.3 is 10.1 Å². The van der Waals surface area contributed by atoms with E-state index in [1.54, 1.807) is 30.3 Å². The predicted octanol–water partition coefficient (Wildman–Crippen LogP) is 3.79. The molecule has 0 aliphatic rings. The van der Waals surface area contributed by atoms with Gasteiger partial charge in [0.1, 0.15) is 5.75 Å². The van der Waals surface area contributed by atoms with Gasteiger partial charge >= 0.3 is 0 Å². The summed E-state index contributed by atoms with van der Waals surface area (Å²) in [7, 11) is 1.54. The van der Waals surface area contributed by atoms with Crippen LogP contribution in [0, 0.1) is 3.57 Å². The molecule has 2 aromatic rings. The molecule has 0 unspecified atom stereocenters. The van der Waals surface area contributed by atoms with Crippen LogP contribution in [0.15, 0.2) is 36.4 Å². The standard InChI is InChI=1S/C18H16Cl2IN3O4/c1-28-15-5-2-10(8-13(15)21)18(27)24-23-17(26)7-6-16(25)22-14-4-3-11(19)9-12(14)20/h2-5,8-9H,6-7H2,1H3,(H,22,25)(H,23,26)(H,24,27). The van der Waals surface area contributed by atoms with Crippen LogP contribution in [0.2, 0.25) is 10.0 Å². The van der Waals surface area contributed by atoms with E-state index in [0.29, 0.717) is 27.0 Å². The Kier molecular flexibility index (Phi) is 8.34. The highest BCUT2D eigenvalue weighted by molar-refractivity contribution is 14.1. The maximum Gasteiger partial charge on any atom is 0.269 e. The van der Waals surface area contributed by atoms with Crippen molar-refractivity contribution in [2.45, 2.75) is 12.8 Å². The molecule has 0 fully saturated rings. The zero-order chi connectivity index (χ0) is 20.7. The van der Waals surface area contributed by atoms with E-state index in [9.17, 15) is 14.4 Å². The largest absolute Gasteiger partial charge is 0.496 e. The Balaban J connectivity index is 1.78. The van der Waals surface area contributed by atoms with Crippen molar-refractivity contribution in [3.8, 4) is 5.75 Å². The molecule has 0 radical (unpaired) electrons. The van der Waals surface area contributed by atoms with Crippen LogP contribution in [-0.2, 0) is 9.59 Å². The van der Waals surface area contributed by atoms with Crippen molar-refractivity contribution in [1.29, 1.82) is 0 Å². The first-order valence-corrected chi connectivity index (χ1v) is 9.81. The number of hydrogen-bond donors (Lipinski definition) is 3. The first kappa shape index (κ1) is 22.3. The van der Waals surface area contributed by atoms with Gasteiger partial charge in [-0.3, -0.25) is 25.2 Å². The second kappa shape index (κ2) is 10.5. The van der Waals surface area contributed by atoms with Gasteiger partial charge in [0.2, 0.25) is 11.8 Å². The van der Waals surface area contributed by atoms with E-state index < -0.39 is 17.7 Å². The van der Waals surface area contributed by atoms with E-state index in [2.05, 4.69) is 16.2 Å². The molecule has 0 atom stereocenters. The minimum Gasteiger partial charge on any atom is -0.496 e. The summed E-state index contributed by atoms with van der Waals surface area (Å²) >= 11 is 13.8. The third-order valence-corrected chi connectivity index (χ3v) is 4.90. The van der Waals surface area contributed by atoms with E-state index in [1.165, 1.54) is 13.2 Å². The number of ether oxygens (including phenoxy) is 1. The number of carbonyl (C=O) groups excluding carboxylic acids is 3. The van der Waals surface area contributed by atoms with Crippen molar-refractivity contribution in [3.05, 3.63) is 55.6 Å². The number of anilines is 1. The van der Waals surface area contributed by atoms with Crippen LogP contribution in [0.5, 0.6) is 5.75 Å². The van der Waals surface area contributed by atoms with E-state index >= 15 is 0 Å². The Labute approximate surface area is 185 Å². The van der Waals surface area contributed by atoms with Crippen LogP contribution in [0.3, 0.4) is 0 Å². The summed E-state index contributed by atoms with van der Waals surface area (Å²) in [5.74, 6) is -0.733. The molecule has 7 nitrogen and oxygen atoms in total. The lowest BCUT2D eigenvalue weighted by Gasteiger charge is -2.10. The summed E-state index contributed by atoms with van der Waals surface area (Å²) < 4.78 is 5.89. The second-order valence-electron chi connectivity index (χ2n) is 5.52. The zero-order valence-electron chi connectivity index (χ0n) is 14.6. The van der Waals surface area contributed by atoms with Crippen LogP contribution < -0.4 is 20.9 Å². The molecule has 148 valence electrons. The maximum atomic E-state index is 12.1. The Morgan fingerprint density at radius 2 is 1.71 bits per heavy atom. The molecule has 0 aromatic heterocycles. The summed E-state index contributed by atoms with van der Waals surface area (Å²) in [6.07, 6.45) is -0.196. The summed E-state index contributed by atoms with van der Waals surface area (Å²) in [4.78, 5) is 35.8. The smallest absolute Gasteiger partial charge is 0.269 e. The Hall–Kier alpha value is -2.04. The van der Waals surface area contributed by atoms with Gasteiger partial charge in [0.25, 0.3) is 5.91 Å². The number of amides is 3. The van der Waals surface area contributed by atoms with Gasteiger partial charge in [0.15, 0.2) is 0 Å². The molecule has 0 aliphatic carbocycles. The summed E-state index contributed by atoms with van der Waals surface area (Å²) in [6.45, 7) is 0. The fraction of sp³-hybridized carbons (Fsp3) is 0.167. The number of nitrogens with one attached hydrogen (secondary N) is 3.